The first-order chi connectivity index (χ1) is 9.13. The number of aryl methyl sites for hydroxylation is 1. The first-order valence-electron chi connectivity index (χ1n) is 6.16. The molecule has 0 bridgehead atoms. The van der Waals surface area contributed by atoms with Crippen LogP contribution in [0.1, 0.15) is 28.8 Å². The maximum absolute atomic E-state index is 12.0. The molecule has 6 heteroatoms. The molecule has 0 spiro atoms. The summed E-state index contributed by atoms with van der Waals surface area (Å²) in [5, 5.41) is 14.8. The van der Waals surface area contributed by atoms with Crippen molar-refractivity contribution in [1.82, 2.24) is 15.3 Å². The molecular formula is C13H17N3O2S. The van der Waals surface area contributed by atoms with Gasteiger partial charge in [0.2, 0.25) is 0 Å². The molecule has 2 aromatic heterocycles. The monoisotopic (exact) mass is 279 g/mol. The van der Waals surface area contributed by atoms with E-state index in [1.54, 1.807) is 23.6 Å². The number of thiazole rings is 1. The van der Waals surface area contributed by atoms with Gasteiger partial charge in [-0.25, -0.2) is 4.98 Å². The van der Waals surface area contributed by atoms with Gasteiger partial charge in [0.15, 0.2) is 0 Å². The Morgan fingerprint density at radius 2 is 2.42 bits per heavy atom. The molecule has 5 nitrogen and oxygen atoms in total. The van der Waals surface area contributed by atoms with Crippen molar-refractivity contribution in [3.63, 3.8) is 0 Å². The predicted molar refractivity (Wildman–Crippen MR) is 75.3 cm³/mol. The van der Waals surface area contributed by atoms with E-state index in [1.165, 1.54) is 0 Å². The fourth-order valence-electron chi connectivity index (χ4n) is 1.71. The smallest absolute Gasteiger partial charge is 0.268 e. The lowest BCUT2D eigenvalue weighted by molar-refractivity contribution is 0.0910. The zero-order chi connectivity index (χ0) is 13.8. The van der Waals surface area contributed by atoms with Crippen molar-refractivity contribution < 1.29 is 9.90 Å². The van der Waals surface area contributed by atoms with Gasteiger partial charge in [0, 0.05) is 17.1 Å². The maximum Gasteiger partial charge on any atom is 0.268 e. The fraction of sp³-hybridized carbons (Fsp3) is 0.385. The zero-order valence-electron chi connectivity index (χ0n) is 10.9. The van der Waals surface area contributed by atoms with Gasteiger partial charge in [-0.1, -0.05) is 6.92 Å². The van der Waals surface area contributed by atoms with Crippen LogP contribution in [0.25, 0.3) is 11.3 Å². The van der Waals surface area contributed by atoms with E-state index in [0.29, 0.717) is 12.1 Å². The third kappa shape index (κ3) is 3.21. The second-order valence-electron chi connectivity index (χ2n) is 4.32. The van der Waals surface area contributed by atoms with Crippen LogP contribution >= 0.6 is 11.3 Å². The van der Waals surface area contributed by atoms with E-state index >= 15 is 0 Å². The van der Waals surface area contributed by atoms with E-state index in [9.17, 15) is 4.79 Å². The summed E-state index contributed by atoms with van der Waals surface area (Å²) in [4.78, 5) is 19.3. The molecule has 0 aliphatic carbocycles. The summed E-state index contributed by atoms with van der Waals surface area (Å²) in [6, 6.07) is 1.56. The minimum Gasteiger partial charge on any atom is -0.394 e. The highest BCUT2D eigenvalue weighted by atomic mass is 32.1. The SMILES string of the molecule is CC[C@H](CO)NC(=O)c1cc(-c2csc(C)n2)c[nH]1. The van der Waals surface area contributed by atoms with E-state index in [0.717, 1.165) is 16.3 Å². The summed E-state index contributed by atoms with van der Waals surface area (Å²) >= 11 is 1.58. The van der Waals surface area contributed by atoms with Crippen LogP contribution in [0.4, 0.5) is 0 Å². The number of carbonyl (C=O) groups is 1. The second-order valence-corrected chi connectivity index (χ2v) is 5.38. The number of aromatic amines is 1. The quantitative estimate of drug-likeness (QED) is 0.782. The third-order valence-corrected chi connectivity index (χ3v) is 3.66. The molecule has 0 unspecified atom stereocenters. The van der Waals surface area contributed by atoms with Crippen molar-refractivity contribution in [2.75, 3.05) is 6.61 Å². The van der Waals surface area contributed by atoms with Crippen molar-refractivity contribution in [3.8, 4) is 11.3 Å². The molecule has 0 saturated carbocycles. The summed E-state index contributed by atoms with van der Waals surface area (Å²) in [6.45, 7) is 3.81. The lowest BCUT2D eigenvalue weighted by Gasteiger charge is -2.12. The Kier molecular flexibility index (Phi) is 4.34. The molecule has 0 saturated heterocycles. The molecule has 3 N–H and O–H groups in total. The summed E-state index contributed by atoms with van der Waals surface area (Å²) in [5.41, 5.74) is 2.24. The number of rotatable bonds is 5. The van der Waals surface area contributed by atoms with Gasteiger partial charge in [0.05, 0.1) is 23.4 Å². The molecule has 1 atom stereocenters. The summed E-state index contributed by atoms with van der Waals surface area (Å²) in [5.74, 6) is -0.209. The van der Waals surface area contributed by atoms with Crippen molar-refractivity contribution in [2.24, 2.45) is 0 Å². The van der Waals surface area contributed by atoms with E-state index in [4.69, 9.17) is 5.11 Å². The standard InChI is InChI=1S/C13H17N3O2S/c1-3-10(6-17)16-13(18)11-4-9(5-14-11)12-7-19-8(2)15-12/h4-5,7,10,14,17H,3,6H2,1-2H3,(H,16,18)/t10-/m1/s1. The Morgan fingerprint density at radius 3 is 3.00 bits per heavy atom. The van der Waals surface area contributed by atoms with Gasteiger partial charge in [0.1, 0.15) is 5.69 Å². The van der Waals surface area contributed by atoms with Gasteiger partial charge >= 0.3 is 0 Å². The van der Waals surface area contributed by atoms with Gasteiger partial charge < -0.3 is 15.4 Å². The number of aromatic nitrogens is 2. The zero-order valence-corrected chi connectivity index (χ0v) is 11.8. The Hall–Kier alpha value is -1.66. The topological polar surface area (TPSA) is 78.0 Å². The summed E-state index contributed by atoms with van der Waals surface area (Å²) in [7, 11) is 0. The lowest BCUT2D eigenvalue weighted by Crippen LogP contribution is -2.37. The van der Waals surface area contributed by atoms with Crippen molar-refractivity contribution in [2.45, 2.75) is 26.3 Å². The first-order valence-corrected chi connectivity index (χ1v) is 7.04. The van der Waals surface area contributed by atoms with Crippen LogP contribution in [0.2, 0.25) is 0 Å². The molecule has 19 heavy (non-hydrogen) atoms. The Labute approximate surface area is 115 Å². The number of aliphatic hydroxyl groups is 1. The minimum absolute atomic E-state index is 0.0545. The third-order valence-electron chi connectivity index (χ3n) is 2.89. The predicted octanol–water partition coefficient (Wildman–Crippen LogP) is 1.95. The lowest BCUT2D eigenvalue weighted by atomic mass is 10.2. The van der Waals surface area contributed by atoms with Crippen LogP contribution in [-0.2, 0) is 0 Å². The minimum atomic E-state index is -0.209. The molecule has 0 radical (unpaired) electrons. The van der Waals surface area contributed by atoms with E-state index in [-0.39, 0.29) is 18.6 Å². The molecule has 2 rings (SSSR count). The van der Waals surface area contributed by atoms with Gasteiger partial charge in [-0.3, -0.25) is 4.79 Å². The number of amides is 1. The summed E-state index contributed by atoms with van der Waals surface area (Å²) < 4.78 is 0. The van der Waals surface area contributed by atoms with Gasteiger partial charge in [0.25, 0.3) is 5.91 Å². The van der Waals surface area contributed by atoms with Crippen LogP contribution in [0.3, 0.4) is 0 Å². The highest BCUT2D eigenvalue weighted by Crippen LogP contribution is 2.22. The van der Waals surface area contributed by atoms with Gasteiger partial charge in [-0.15, -0.1) is 11.3 Å². The van der Waals surface area contributed by atoms with Crippen LogP contribution in [-0.4, -0.2) is 33.6 Å². The van der Waals surface area contributed by atoms with E-state index < -0.39 is 0 Å². The Balaban J connectivity index is 2.10. The van der Waals surface area contributed by atoms with Crippen molar-refractivity contribution in [3.05, 3.63) is 28.3 Å². The number of H-pyrrole nitrogens is 1. The van der Waals surface area contributed by atoms with Crippen LogP contribution < -0.4 is 5.32 Å². The molecule has 0 aromatic carbocycles. The molecule has 1 amide bonds. The first kappa shape index (κ1) is 13.8. The number of hydrogen-bond donors (Lipinski definition) is 3. The molecule has 2 heterocycles. The average Bonchev–Trinajstić information content (AvgIpc) is 3.04. The number of hydrogen-bond acceptors (Lipinski definition) is 4. The maximum atomic E-state index is 12.0. The normalized spacial score (nSPS) is 12.4. The molecular weight excluding hydrogens is 262 g/mol. The molecule has 0 aliphatic heterocycles. The van der Waals surface area contributed by atoms with Crippen LogP contribution in [0.5, 0.6) is 0 Å². The highest BCUT2D eigenvalue weighted by Gasteiger charge is 2.14. The molecule has 102 valence electrons. The Bertz CT molecular complexity index is 558. The molecule has 0 aliphatic rings. The number of aliphatic hydroxyl groups excluding tert-OH is 1. The number of nitrogens with one attached hydrogen (secondary N) is 2. The van der Waals surface area contributed by atoms with Gasteiger partial charge in [-0.05, 0) is 19.4 Å². The van der Waals surface area contributed by atoms with E-state index in [2.05, 4.69) is 15.3 Å². The average molecular weight is 279 g/mol. The number of carbonyl (C=O) groups excluding carboxylic acids is 1. The molecule has 2 aromatic rings. The highest BCUT2D eigenvalue weighted by molar-refractivity contribution is 7.09. The molecule has 0 fully saturated rings. The number of nitrogens with zero attached hydrogens (tertiary/aromatic N) is 1. The largest absolute Gasteiger partial charge is 0.394 e. The van der Waals surface area contributed by atoms with Crippen LogP contribution in [0, 0.1) is 6.92 Å². The van der Waals surface area contributed by atoms with Crippen LogP contribution in [0.15, 0.2) is 17.6 Å². The van der Waals surface area contributed by atoms with Crippen molar-refractivity contribution >= 4 is 17.2 Å². The fourth-order valence-corrected chi connectivity index (χ4v) is 2.33. The summed E-state index contributed by atoms with van der Waals surface area (Å²) in [6.07, 6.45) is 2.46. The van der Waals surface area contributed by atoms with E-state index in [1.807, 2.05) is 19.2 Å². The second kappa shape index (κ2) is 5.99. The van der Waals surface area contributed by atoms with Crippen molar-refractivity contribution in [1.29, 1.82) is 0 Å². The Morgan fingerprint density at radius 1 is 1.63 bits per heavy atom. The van der Waals surface area contributed by atoms with Gasteiger partial charge in [-0.2, -0.15) is 0 Å².